The molecule has 132 valence electrons. The number of carbonyl (C=O) groups is 1. The monoisotopic (exact) mass is 344 g/mol. The second kappa shape index (κ2) is 5.83. The van der Waals surface area contributed by atoms with Crippen molar-refractivity contribution in [2.75, 3.05) is 0 Å². The van der Waals surface area contributed by atoms with Crippen LogP contribution in [0.1, 0.15) is 40.4 Å². The van der Waals surface area contributed by atoms with Gasteiger partial charge >= 0.3 is 6.09 Å². The molecule has 0 radical (unpaired) electrons. The summed E-state index contributed by atoms with van der Waals surface area (Å²) in [5.74, 6) is 0.648. The third-order valence-electron chi connectivity index (χ3n) is 3.38. The van der Waals surface area contributed by atoms with Gasteiger partial charge in [-0.15, -0.1) is 0 Å². The van der Waals surface area contributed by atoms with E-state index < -0.39 is 17.2 Å². The lowest BCUT2D eigenvalue weighted by molar-refractivity contribution is 0.0465. The lowest BCUT2D eigenvalue weighted by Gasteiger charge is -2.26. The second-order valence-electron chi connectivity index (χ2n) is 7.16. The van der Waals surface area contributed by atoms with E-state index in [2.05, 4.69) is 30.4 Å². The van der Waals surface area contributed by atoms with Gasteiger partial charge in [-0.1, -0.05) is 5.16 Å². The van der Waals surface area contributed by atoms with Gasteiger partial charge in [0.15, 0.2) is 5.82 Å². The van der Waals surface area contributed by atoms with E-state index in [4.69, 9.17) is 9.26 Å². The van der Waals surface area contributed by atoms with Crippen molar-refractivity contribution in [3.05, 3.63) is 24.5 Å². The SMILES string of the molecule is CC(C)(C)OC(=O)NC(C)(C)c1noc(-c2c[nH]c3ncncc23)n1. The summed E-state index contributed by atoms with van der Waals surface area (Å²) in [6, 6.07) is 0. The molecule has 0 fully saturated rings. The normalized spacial score (nSPS) is 12.4. The van der Waals surface area contributed by atoms with Gasteiger partial charge in [0.1, 0.15) is 23.1 Å². The smallest absolute Gasteiger partial charge is 0.408 e. The summed E-state index contributed by atoms with van der Waals surface area (Å²) in [5.41, 5.74) is -0.0856. The minimum absolute atomic E-state index is 0.315. The molecule has 1 amide bonds. The zero-order chi connectivity index (χ0) is 18.2. The highest BCUT2D eigenvalue weighted by atomic mass is 16.6. The Kier molecular flexibility index (Phi) is 3.94. The van der Waals surface area contributed by atoms with Crippen molar-refractivity contribution >= 4 is 17.1 Å². The van der Waals surface area contributed by atoms with Crippen molar-refractivity contribution in [2.24, 2.45) is 0 Å². The minimum atomic E-state index is -0.868. The Morgan fingerprint density at radius 1 is 1.28 bits per heavy atom. The fraction of sp³-hybridized carbons (Fsp3) is 0.438. The number of rotatable bonds is 3. The van der Waals surface area contributed by atoms with Gasteiger partial charge in [0.2, 0.25) is 0 Å². The molecule has 0 unspecified atom stereocenters. The molecule has 0 aromatic carbocycles. The Bertz CT molecular complexity index is 906. The molecule has 3 heterocycles. The van der Waals surface area contributed by atoms with Crippen molar-refractivity contribution in [1.29, 1.82) is 0 Å². The first-order chi connectivity index (χ1) is 11.7. The van der Waals surface area contributed by atoms with E-state index in [0.29, 0.717) is 22.9 Å². The van der Waals surface area contributed by atoms with Crippen LogP contribution in [0, 0.1) is 0 Å². The molecule has 0 bridgehead atoms. The number of fused-ring (bicyclic) bond motifs is 1. The van der Waals surface area contributed by atoms with Crippen LogP contribution in [0.5, 0.6) is 0 Å². The molecule has 3 aromatic heterocycles. The van der Waals surface area contributed by atoms with Crippen LogP contribution < -0.4 is 5.32 Å². The Hall–Kier alpha value is -2.97. The highest BCUT2D eigenvalue weighted by Crippen LogP contribution is 2.27. The molecule has 0 atom stereocenters. The first-order valence-corrected chi connectivity index (χ1v) is 7.78. The van der Waals surface area contributed by atoms with Crippen molar-refractivity contribution in [2.45, 2.75) is 45.8 Å². The number of aromatic nitrogens is 5. The van der Waals surface area contributed by atoms with E-state index in [0.717, 1.165) is 5.39 Å². The van der Waals surface area contributed by atoms with Gasteiger partial charge in [0, 0.05) is 17.8 Å². The van der Waals surface area contributed by atoms with Crippen LogP contribution in [0.15, 0.2) is 23.2 Å². The lowest BCUT2D eigenvalue weighted by Crippen LogP contribution is -2.44. The number of aromatic amines is 1. The Morgan fingerprint density at radius 3 is 2.76 bits per heavy atom. The predicted octanol–water partition coefficient (Wildman–Crippen LogP) is 2.77. The van der Waals surface area contributed by atoms with Gasteiger partial charge in [-0.25, -0.2) is 14.8 Å². The number of ether oxygens (including phenoxy) is 1. The standard InChI is InChI=1S/C16H20N6O3/c1-15(2,3)24-14(23)21-16(4,5)13-20-12(25-22-13)10-7-18-11-9(10)6-17-8-19-11/h6-8H,1-5H3,(H,21,23)(H,17,18,19). The molecule has 3 aromatic rings. The number of alkyl carbamates (subject to hydrolysis) is 1. The highest BCUT2D eigenvalue weighted by molar-refractivity contribution is 5.90. The molecule has 0 aliphatic carbocycles. The quantitative estimate of drug-likeness (QED) is 0.749. The van der Waals surface area contributed by atoms with Crippen LogP contribution in [0.3, 0.4) is 0 Å². The Morgan fingerprint density at radius 2 is 2.04 bits per heavy atom. The first-order valence-electron chi connectivity index (χ1n) is 7.78. The molecule has 2 N–H and O–H groups in total. The largest absolute Gasteiger partial charge is 0.444 e. The fourth-order valence-corrected chi connectivity index (χ4v) is 2.24. The molecule has 0 aliphatic rings. The molecule has 25 heavy (non-hydrogen) atoms. The molecule has 0 saturated carbocycles. The maximum atomic E-state index is 12.0. The second-order valence-corrected chi connectivity index (χ2v) is 7.16. The number of amides is 1. The Balaban J connectivity index is 1.84. The number of nitrogens with zero attached hydrogens (tertiary/aromatic N) is 4. The van der Waals surface area contributed by atoms with Gasteiger partial charge in [-0.2, -0.15) is 4.98 Å². The van der Waals surface area contributed by atoms with Crippen molar-refractivity contribution < 1.29 is 14.1 Å². The number of hydrogen-bond acceptors (Lipinski definition) is 7. The highest BCUT2D eigenvalue weighted by Gasteiger charge is 2.31. The lowest BCUT2D eigenvalue weighted by atomic mass is 10.1. The Labute approximate surface area is 144 Å². The molecular weight excluding hydrogens is 324 g/mol. The summed E-state index contributed by atoms with van der Waals surface area (Å²) in [6.07, 6.45) is 4.30. The fourth-order valence-electron chi connectivity index (χ4n) is 2.24. The third-order valence-corrected chi connectivity index (χ3v) is 3.38. The van der Waals surface area contributed by atoms with Crippen LogP contribution in [-0.2, 0) is 10.3 Å². The summed E-state index contributed by atoms with van der Waals surface area (Å²) in [4.78, 5) is 27.6. The maximum absolute atomic E-state index is 12.0. The van der Waals surface area contributed by atoms with E-state index in [9.17, 15) is 4.79 Å². The molecule has 9 nitrogen and oxygen atoms in total. The van der Waals surface area contributed by atoms with Crippen LogP contribution in [0.25, 0.3) is 22.5 Å². The minimum Gasteiger partial charge on any atom is -0.444 e. The first kappa shape index (κ1) is 16.9. The van der Waals surface area contributed by atoms with Gasteiger partial charge < -0.3 is 19.6 Å². The van der Waals surface area contributed by atoms with Crippen molar-refractivity contribution in [1.82, 2.24) is 30.4 Å². The van der Waals surface area contributed by atoms with Crippen LogP contribution in [0.2, 0.25) is 0 Å². The number of H-pyrrole nitrogens is 1. The summed E-state index contributed by atoms with van der Waals surface area (Å²) >= 11 is 0. The molecule has 0 aliphatic heterocycles. The summed E-state index contributed by atoms with van der Waals surface area (Å²) in [6.45, 7) is 8.93. The molecular formula is C16H20N6O3. The molecule has 3 rings (SSSR count). The van der Waals surface area contributed by atoms with Crippen molar-refractivity contribution in [3.8, 4) is 11.5 Å². The van der Waals surface area contributed by atoms with E-state index in [1.807, 2.05) is 0 Å². The topological polar surface area (TPSA) is 119 Å². The van der Waals surface area contributed by atoms with Crippen LogP contribution in [-0.4, -0.2) is 36.8 Å². The van der Waals surface area contributed by atoms with E-state index in [1.54, 1.807) is 47.0 Å². The number of hydrogen-bond donors (Lipinski definition) is 2. The molecule has 0 saturated heterocycles. The third kappa shape index (κ3) is 3.59. The summed E-state index contributed by atoms with van der Waals surface area (Å²) < 4.78 is 10.6. The molecule has 0 spiro atoms. The van der Waals surface area contributed by atoms with Crippen LogP contribution in [0.4, 0.5) is 4.79 Å². The van der Waals surface area contributed by atoms with Gasteiger partial charge in [0.25, 0.3) is 5.89 Å². The average molecular weight is 344 g/mol. The van der Waals surface area contributed by atoms with E-state index >= 15 is 0 Å². The van der Waals surface area contributed by atoms with Gasteiger partial charge in [0.05, 0.1) is 5.56 Å². The zero-order valence-corrected chi connectivity index (χ0v) is 14.7. The maximum Gasteiger partial charge on any atom is 0.408 e. The number of carbonyl (C=O) groups excluding carboxylic acids is 1. The number of nitrogens with one attached hydrogen (secondary N) is 2. The van der Waals surface area contributed by atoms with E-state index in [-0.39, 0.29) is 0 Å². The van der Waals surface area contributed by atoms with Gasteiger partial charge in [-0.3, -0.25) is 0 Å². The molecule has 9 heteroatoms. The van der Waals surface area contributed by atoms with Crippen molar-refractivity contribution in [3.63, 3.8) is 0 Å². The van der Waals surface area contributed by atoms with Crippen LogP contribution >= 0.6 is 0 Å². The summed E-state index contributed by atoms with van der Waals surface area (Å²) in [5, 5.41) is 7.51. The van der Waals surface area contributed by atoms with Gasteiger partial charge in [-0.05, 0) is 34.6 Å². The summed E-state index contributed by atoms with van der Waals surface area (Å²) in [7, 11) is 0. The zero-order valence-electron chi connectivity index (χ0n) is 14.7. The predicted molar refractivity (Wildman–Crippen MR) is 89.6 cm³/mol. The average Bonchev–Trinajstić information content (AvgIpc) is 3.11. The van der Waals surface area contributed by atoms with E-state index in [1.165, 1.54) is 6.33 Å².